The van der Waals surface area contributed by atoms with E-state index in [1.165, 1.54) is 6.20 Å². The quantitative estimate of drug-likeness (QED) is 0.779. The average molecular weight is 211 g/mol. The van der Waals surface area contributed by atoms with E-state index in [4.69, 9.17) is 5.11 Å². The molecular formula is C9H7ClN2O2. The van der Waals surface area contributed by atoms with E-state index in [1.807, 2.05) is 0 Å². The summed E-state index contributed by atoms with van der Waals surface area (Å²) in [6, 6.07) is 5.29. The van der Waals surface area contributed by atoms with Gasteiger partial charge in [-0.25, -0.2) is 9.78 Å². The van der Waals surface area contributed by atoms with Crippen molar-refractivity contribution < 1.29 is 9.90 Å². The van der Waals surface area contributed by atoms with Crippen LogP contribution in [-0.2, 0) is 0 Å². The molecule has 14 heavy (non-hydrogen) atoms. The van der Waals surface area contributed by atoms with E-state index in [9.17, 15) is 4.79 Å². The molecule has 72 valence electrons. The maximum absolute atomic E-state index is 10.7. The van der Waals surface area contributed by atoms with Gasteiger partial charge in [-0.15, -0.1) is 12.4 Å². The fraction of sp³-hybridized carbons (Fsp3) is 0. The summed E-state index contributed by atoms with van der Waals surface area (Å²) in [6.07, 6.45) is 3.02. The molecule has 2 aromatic heterocycles. The van der Waals surface area contributed by atoms with E-state index < -0.39 is 5.97 Å². The van der Waals surface area contributed by atoms with E-state index in [2.05, 4.69) is 9.97 Å². The standard InChI is InChI=1S/C9H6N2O2.ClH/c12-9(13)8-7-6(3-5-11-8)2-1-4-10-7;/h1-5H,(H,12,13);1H. The van der Waals surface area contributed by atoms with Crippen molar-refractivity contribution in [2.24, 2.45) is 0 Å². The van der Waals surface area contributed by atoms with Crippen molar-refractivity contribution in [2.75, 3.05) is 0 Å². The summed E-state index contributed by atoms with van der Waals surface area (Å²) in [4.78, 5) is 18.4. The van der Waals surface area contributed by atoms with Crippen molar-refractivity contribution in [2.45, 2.75) is 0 Å². The number of aromatic carboxylic acids is 1. The number of hydrogen-bond acceptors (Lipinski definition) is 3. The number of carboxylic acid groups (broad SMARTS) is 1. The van der Waals surface area contributed by atoms with E-state index in [1.54, 1.807) is 24.4 Å². The molecule has 0 bridgehead atoms. The molecule has 0 radical (unpaired) electrons. The van der Waals surface area contributed by atoms with Crippen molar-refractivity contribution in [3.05, 3.63) is 36.3 Å². The number of hydrogen-bond donors (Lipinski definition) is 1. The third-order valence-corrected chi connectivity index (χ3v) is 1.72. The first kappa shape index (κ1) is 10.4. The molecule has 0 fully saturated rings. The Hall–Kier alpha value is -1.68. The van der Waals surface area contributed by atoms with Crippen molar-refractivity contribution >= 4 is 29.3 Å². The summed E-state index contributed by atoms with van der Waals surface area (Å²) >= 11 is 0. The Morgan fingerprint density at radius 2 is 2.00 bits per heavy atom. The Balaban J connectivity index is 0.000000980. The zero-order valence-electron chi connectivity index (χ0n) is 7.04. The first-order valence-electron chi connectivity index (χ1n) is 3.72. The largest absolute Gasteiger partial charge is 0.476 e. The second-order valence-corrected chi connectivity index (χ2v) is 2.54. The van der Waals surface area contributed by atoms with Crippen molar-refractivity contribution in [1.82, 2.24) is 9.97 Å². The third kappa shape index (κ3) is 1.65. The highest BCUT2D eigenvalue weighted by atomic mass is 35.5. The van der Waals surface area contributed by atoms with E-state index >= 15 is 0 Å². The second kappa shape index (κ2) is 4.02. The lowest BCUT2D eigenvalue weighted by Gasteiger charge is -1.98. The highest BCUT2D eigenvalue weighted by Gasteiger charge is 2.09. The number of halogens is 1. The Kier molecular flexibility index (Phi) is 2.99. The molecule has 2 rings (SSSR count). The number of carboxylic acids is 1. The number of rotatable bonds is 1. The molecule has 1 N–H and O–H groups in total. The Bertz CT molecular complexity index is 468. The molecule has 0 aliphatic rings. The summed E-state index contributed by atoms with van der Waals surface area (Å²) in [7, 11) is 0. The number of pyridine rings is 2. The molecule has 2 aromatic rings. The van der Waals surface area contributed by atoms with Crippen LogP contribution < -0.4 is 0 Å². The van der Waals surface area contributed by atoms with Gasteiger partial charge in [0.2, 0.25) is 0 Å². The van der Waals surface area contributed by atoms with Crippen LogP contribution >= 0.6 is 12.4 Å². The lowest BCUT2D eigenvalue weighted by atomic mass is 10.2. The smallest absolute Gasteiger partial charge is 0.356 e. The van der Waals surface area contributed by atoms with Gasteiger partial charge >= 0.3 is 5.97 Å². The highest BCUT2D eigenvalue weighted by Crippen LogP contribution is 2.12. The molecule has 0 atom stereocenters. The Morgan fingerprint density at radius 3 is 2.71 bits per heavy atom. The van der Waals surface area contributed by atoms with Crippen molar-refractivity contribution in [3.63, 3.8) is 0 Å². The maximum atomic E-state index is 10.7. The van der Waals surface area contributed by atoms with E-state index in [0.717, 1.165) is 5.39 Å². The predicted molar refractivity (Wildman–Crippen MR) is 53.7 cm³/mol. The number of nitrogens with zero attached hydrogens (tertiary/aromatic N) is 2. The highest BCUT2D eigenvalue weighted by molar-refractivity contribution is 5.99. The lowest BCUT2D eigenvalue weighted by molar-refractivity contribution is 0.0692. The van der Waals surface area contributed by atoms with E-state index in [-0.39, 0.29) is 18.1 Å². The van der Waals surface area contributed by atoms with Crippen LogP contribution in [0.4, 0.5) is 0 Å². The summed E-state index contributed by atoms with van der Waals surface area (Å²) in [5.41, 5.74) is 0.426. The molecule has 0 aliphatic heterocycles. The summed E-state index contributed by atoms with van der Waals surface area (Å²) < 4.78 is 0. The zero-order valence-corrected chi connectivity index (χ0v) is 7.86. The van der Waals surface area contributed by atoms with Gasteiger partial charge in [0, 0.05) is 17.8 Å². The number of carbonyl (C=O) groups is 1. The fourth-order valence-electron chi connectivity index (χ4n) is 1.16. The minimum atomic E-state index is -1.05. The molecule has 0 saturated heterocycles. The van der Waals surface area contributed by atoms with Gasteiger partial charge in [0.05, 0.1) is 0 Å². The van der Waals surface area contributed by atoms with Gasteiger partial charge in [0.1, 0.15) is 5.52 Å². The zero-order chi connectivity index (χ0) is 9.26. The van der Waals surface area contributed by atoms with Crippen LogP contribution in [-0.4, -0.2) is 21.0 Å². The van der Waals surface area contributed by atoms with Gasteiger partial charge < -0.3 is 5.11 Å². The van der Waals surface area contributed by atoms with Crippen LogP contribution in [0.3, 0.4) is 0 Å². The van der Waals surface area contributed by atoms with E-state index in [0.29, 0.717) is 5.52 Å². The molecule has 0 saturated carbocycles. The minimum absolute atomic E-state index is 0. The molecular weight excluding hydrogens is 204 g/mol. The molecule has 0 unspecified atom stereocenters. The number of aromatic nitrogens is 2. The second-order valence-electron chi connectivity index (χ2n) is 2.54. The maximum Gasteiger partial charge on any atom is 0.356 e. The van der Waals surface area contributed by atoms with Gasteiger partial charge in [0.25, 0.3) is 0 Å². The summed E-state index contributed by atoms with van der Waals surface area (Å²) in [5, 5.41) is 9.57. The minimum Gasteiger partial charge on any atom is -0.476 e. The SMILES string of the molecule is Cl.O=C(O)c1nccc2cccnc12. The van der Waals surface area contributed by atoms with Gasteiger partial charge in [-0.1, -0.05) is 6.07 Å². The fourth-order valence-corrected chi connectivity index (χ4v) is 1.16. The summed E-state index contributed by atoms with van der Waals surface area (Å²) in [6.45, 7) is 0. The van der Waals surface area contributed by atoms with Gasteiger partial charge in [0.15, 0.2) is 5.69 Å². The first-order valence-corrected chi connectivity index (χ1v) is 3.72. The van der Waals surface area contributed by atoms with Crippen molar-refractivity contribution in [3.8, 4) is 0 Å². The van der Waals surface area contributed by atoms with Crippen LogP contribution in [0.5, 0.6) is 0 Å². The van der Waals surface area contributed by atoms with Crippen LogP contribution in [0.15, 0.2) is 30.6 Å². The topological polar surface area (TPSA) is 63.1 Å². The van der Waals surface area contributed by atoms with Gasteiger partial charge in [-0.05, 0) is 12.1 Å². The normalized spacial score (nSPS) is 9.43. The Labute approximate surface area is 86.0 Å². The average Bonchev–Trinajstić information content (AvgIpc) is 2.17. The number of fused-ring (bicyclic) bond motifs is 1. The summed E-state index contributed by atoms with van der Waals surface area (Å²) in [5.74, 6) is -1.05. The molecule has 0 aliphatic carbocycles. The van der Waals surface area contributed by atoms with Crippen LogP contribution in [0.25, 0.3) is 10.9 Å². The Morgan fingerprint density at radius 1 is 1.21 bits per heavy atom. The predicted octanol–water partition coefficient (Wildman–Crippen LogP) is 1.75. The molecule has 0 aromatic carbocycles. The molecule has 0 amide bonds. The van der Waals surface area contributed by atoms with Crippen LogP contribution in [0, 0.1) is 0 Å². The first-order chi connectivity index (χ1) is 6.29. The molecule has 0 spiro atoms. The molecule has 4 nitrogen and oxygen atoms in total. The third-order valence-electron chi connectivity index (χ3n) is 1.72. The monoisotopic (exact) mass is 210 g/mol. The van der Waals surface area contributed by atoms with Crippen LogP contribution in [0.2, 0.25) is 0 Å². The van der Waals surface area contributed by atoms with Gasteiger partial charge in [-0.3, -0.25) is 4.98 Å². The lowest BCUT2D eigenvalue weighted by Crippen LogP contribution is -2.01. The molecule has 5 heteroatoms. The van der Waals surface area contributed by atoms with Crippen molar-refractivity contribution in [1.29, 1.82) is 0 Å². The van der Waals surface area contributed by atoms with Gasteiger partial charge in [-0.2, -0.15) is 0 Å². The van der Waals surface area contributed by atoms with Crippen LogP contribution in [0.1, 0.15) is 10.5 Å². The molecule has 2 heterocycles.